The normalized spacial score (nSPS) is 12.3. The zero-order chi connectivity index (χ0) is 11.6. The average Bonchev–Trinajstić information content (AvgIpc) is 2.19. The van der Waals surface area contributed by atoms with Crippen LogP contribution in [0.4, 0.5) is 4.39 Å². The summed E-state index contributed by atoms with van der Waals surface area (Å²) in [5.74, 6) is -0.895. The molecule has 0 aliphatic rings. The minimum Gasteiger partial charge on any atom is -0.493 e. The van der Waals surface area contributed by atoms with E-state index >= 15 is 0 Å². The Morgan fingerprint density at radius 3 is 2.60 bits per heavy atom. The number of benzene rings is 1. The number of nitrogens with two attached hydrogens (primary N) is 1. The number of methoxy groups -OCH3 is 1. The summed E-state index contributed by atoms with van der Waals surface area (Å²) in [6, 6.07) is 2.14. The summed E-state index contributed by atoms with van der Waals surface area (Å²) in [5, 5.41) is 0. The molecule has 1 atom stereocenters. The molecule has 15 heavy (non-hydrogen) atoms. The minimum atomic E-state index is -0.667. The zero-order valence-electron chi connectivity index (χ0n) is 9.00. The van der Waals surface area contributed by atoms with Gasteiger partial charge in [0.15, 0.2) is 17.3 Å². The van der Waals surface area contributed by atoms with E-state index in [1.165, 1.54) is 19.2 Å². The first-order valence-electron chi connectivity index (χ1n) is 4.62. The molecular weight excluding hydrogens is 197 g/mol. The number of halogens is 1. The lowest BCUT2D eigenvalue weighted by molar-refractivity contribution is 0.0963. The second kappa shape index (κ2) is 4.40. The van der Waals surface area contributed by atoms with Gasteiger partial charge in [-0.3, -0.25) is 4.79 Å². The highest BCUT2D eigenvalue weighted by molar-refractivity contribution is 6.03. The van der Waals surface area contributed by atoms with Crippen molar-refractivity contribution in [3.63, 3.8) is 0 Å². The van der Waals surface area contributed by atoms with Crippen molar-refractivity contribution in [1.82, 2.24) is 0 Å². The van der Waals surface area contributed by atoms with Gasteiger partial charge in [0.2, 0.25) is 0 Å². The van der Waals surface area contributed by atoms with Gasteiger partial charge in [0.1, 0.15) is 0 Å². The fraction of sp³-hybridized carbons (Fsp3) is 0.364. The van der Waals surface area contributed by atoms with Crippen molar-refractivity contribution in [3.8, 4) is 5.75 Å². The van der Waals surface area contributed by atoms with Gasteiger partial charge in [-0.15, -0.1) is 0 Å². The van der Waals surface area contributed by atoms with Crippen LogP contribution >= 0.6 is 0 Å². The first-order chi connectivity index (χ1) is 6.99. The van der Waals surface area contributed by atoms with Gasteiger partial charge in [0.05, 0.1) is 18.7 Å². The Morgan fingerprint density at radius 1 is 1.53 bits per heavy atom. The molecule has 2 N–H and O–H groups in total. The van der Waals surface area contributed by atoms with Gasteiger partial charge < -0.3 is 10.5 Å². The predicted molar refractivity (Wildman–Crippen MR) is 55.7 cm³/mol. The minimum absolute atomic E-state index is 0.0303. The molecule has 1 aromatic rings. The summed E-state index contributed by atoms with van der Waals surface area (Å²) < 4.78 is 18.2. The fourth-order valence-electron chi connectivity index (χ4n) is 1.39. The molecule has 4 heteroatoms. The van der Waals surface area contributed by atoms with E-state index in [9.17, 15) is 9.18 Å². The standard InChI is InChI=1S/C11H14FNO2/c1-6-4-5-8(12)11(15-3)9(6)10(14)7(2)13/h4-5,7H,13H2,1-3H3. The molecule has 0 bridgehead atoms. The van der Waals surface area contributed by atoms with Crippen molar-refractivity contribution >= 4 is 5.78 Å². The summed E-state index contributed by atoms with van der Waals surface area (Å²) in [4.78, 5) is 11.7. The van der Waals surface area contributed by atoms with E-state index in [0.717, 1.165) is 0 Å². The number of aryl methyl sites for hydroxylation is 1. The monoisotopic (exact) mass is 211 g/mol. The van der Waals surface area contributed by atoms with E-state index in [2.05, 4.69) is 0 Å². The lowest BCUT2D eigenvalue weighted by atomic mass is 9.99. The number of carbonyl (C=O) groups is 1. The summed E-state index contributed by atoms with van der Waals surface area (Å²) in [7, 11) is 1.33. The topological polar surface area (TPSA) is 52.3 Å². The number of hydrogen-bond acceptors (Lipinski definition) is 3. The lowest BCUT2D eigenvalue weighted by Gasteiger charge is -2.13. The summed E-state index contributed by atoms with van der Waals surface area (Å²) in [6.45, 7) is 3.28. The first-order valence-corrected chi connectivity index (χ1v) is 4.62. The second-order valence-electron chi connectivity index (χ2n) is 3.43. The van der Waals surface area contributed by atoms with Crippen molar-refractivity contribution in [1.29, 1.82) is 0 Å². The van der Waals surface area contributed by atoms with Gasteiger partial charge in [-0.25, -0.2) is 4.39 Å². The summed E-state index contributed by atoms with van der Waals surface area (Å²) in [6.07, 6.45) is 0. The third kappa shape index (κ3) is 2.15. The molecule has 0 amide bonds. The van der Waals surface area contributed by atoms with Crippen LogP contribution in [0.5, 0.6) is 5.75 Å². The van der Waals surface area contributed by atoms with Crippen LogP contribution in [0.2, 0.25) is 0 Å². The highest BCUT2D eigenvalue weighted by atomic mass is 19.1. The van der Waals surface area contributed by atoms with E-state index in [4.69, 9.17) is 10.5 Å². The molecule has 0 aliphatic carbocycles. The molecule has 82 valence electrons. The van der Waals surface area contributed by atoms with Gasteiger partial charge in [-0.1, -0.05) is 6.07 Å². The third-order valence-electron chi connectivity index (χ3n) is 2.18. The van der Waals surface area contributed by atoms with Crippen molar-refractivity contribution in [3.05, 3.63) is 29.1 Å². The Balaban J connectivity index is 3.37. The molecule has 0 saturated heterocycles. The van der Waals surface area contributed by atoms with Crippen LogP contribution in [0.25, 0.3) is 0 Å². The molecule has 0 aromatic heterocycles. The average molecular weight is 211 g/mol. The number of carbonyl (C=O) groups excluding carboxylic acids is 1. The van der Waals surface area contributed by atoms with Gasteiger partial charge in [0.25, 0.3) is 0 Å². The van der Waals surface area contributed by atoms with Gasteiger partial charge in [-0.05, 0) is 25.5 Å². The number of ketones is 1. The largest absolute Gasteiger partial charge is 0.493 e. The maximum Gasteiger partial charge on any atom is 0.183 e. The van der Waals surface area contributed by atoms with Gasteiger partial charge >= 0.3 is 0 Å². The lowest BCUT2D eigenvalue weighted by Crippen LogP contribution is -2.28. The molecule has 1 unspecified atom stereocenters. The van der Waals surface area contributed by atoms with Crippen molar-refractivity contribution in [2.75, 3.05) is 7.11 Å². The predicted octanol–water partition coefficient (Wildman–Crippen LogP) is 1.67. The van der Waals surface area contributed by atoms with Crippen LogP contribution in [0.1, 0.15) is 22.8 Å². The first kappa shape index (κ1) is 11.7. The summed E-state index contributed by atoms with van der Waals surface area (Å²) in [5.41, 5.74) is 6.37. The Labute approximate surface area is 88.0 Å². The van der Waals surface area contributed by atoms with E-state index in [0.29, 0.717) is 5.56 Å². The number of rotatable bonds is 3. The van der Waals surface area contributed by atoms with Crippen LogP contribution < -0.4 is 10.5 Å². The molecule has 0 aliphatic heterocycles. The zero-order valence-corrected chi connectivity index (χ0v) is 9.00. The quantitative estimate of drug-likeness (QED) is 0.774. The number of hydrogen-bond donors (Lipinski definition) is 1. The maximum absolute atomic E-state index is 13.3. The highest BCUT2D eigenvalue weighted by Gasteiger charge is 2.21. The molecule has 0 spiro atoms. The van der Waals surface area contributed by atoms with Crippen molar-refractivity contribution < 1.29 is 13.9 Å². The molecule has 0 saturated carbocycles. The molecule has 3 nitrogen and oxygen atoms in total. The van der Waals surface area contributed by atoms with Crippen LogP contribution in [-0.2, 0) is 0 Å². The highest BCUT2D eigenvalue weighted by Crippen LogP contribution is 2.26. The SMILES string of the molecule is COc1c(F)ccc(C)c1C(=O)C(C)N. The van der Waals surface area contributed by atoms with Crippen molar-refractivity contribution in [2.45, 2.75) is 19.9 Å². The molecule has 1 rings (SSSR count). The van der Waals surface area contributed by atoms with Crippen LogP contribution in [0.3, 0.4) is 0 Å². The maximum atomic E-state index is 13.3. The Bertz CT molecular complexity index is 388. The van der Waals surface area contributed by atoms with E-state index in [-0.39, 0.29) is 17.1 Å². The van der Waals surface area contributed by atoms with Crippen molar-refractivity contribution in [2.24, 2.45) is 5.73 Å². The smallest absolute Gasteiger partial charge is 0.183 e. The van der Waals surface area contributed by atoms with Crippen LogP contribution in [0.15, 0.2) is 12.1 Å². The molecule has 1 aromatic carbocycles. The van der Waals surface area contributed by atoms with Crippen LogP contribution in [-0.4, -0.2) is 18.9 Å². The Hall–Kier alpha value is -1.42. The third-order valence-corrected chi connectivity index (χ3v) is 2.18. The molecular formula is C11H14FNO2. The number of Topliss-reactive ketones (excluding diaryl/α,β-unsaturated/α-hetero) is 1. The Morgan fingerprint density at radius 2 is 2.13 bits per heavy atom. The fourth-order valence-corrected chi connectivity index (χ4v) is 1.39. The van der Waals surface area contributed by atoms with E-state index in [1.807, 2.05) is 0 Å². The van der Waals surface area contributed by atoms with E-state index in [1.54, 1.807) is 13.8 Å². The summed E-state index contributed by atoms with van der Waals surface area (Å²) >= 11 is 0. The Kier molecular flexibility index (Phi) is 3.42. The van der Waals surface area contributed by atoms with Gasteiger partial charge in [0, 0.05) is 0 Å². The van der Waals surface area contributed by atoms with Gasteiger partial charge in [-0.2, -0.15) is 0 Å². The second-order valence-corrected chi connectivity index (χ2v) is 3.43. The van der Waals surface area contributed by atoms with E-state index < -0.39 is 11.9 Å². The van der Waals surface area contributed by atoms with Crippen LogP contribution in [0, 0.1) is 12.7 Å². The number of ether oxygens (including phenoxy) is 1. The molecule has 0 fully saturated rings. The molecule has 0 heterocycles. The molecule has 0 radical (unpaired) electrons.